The van der Waals surface area contributed by atoms with Gasteiger partial charge in [0, 0.05) is 16.3 Å². The molecule has 0 spiro atoms. The number of anilines is 1. The number of thiazole rings is 1. The van der Waals surface area contributed by atoms with E-state index in [1.807, 2.05) is 60.0 Å². The van der Waals surface area contributed by atoms with Crippen LogP contribution in [0.2, 0.25) is 0 Å². The number of amides is 1. The third kappa shape index (κ3) is 3.39. The Morgan fingerprint density at radius 2 is 2.00 bits per heavy atom. The third-order valence-electron chi connectivity index (χ3n) is 3.77. The summed E-state index contributed by atoms with van der Waals surface area (Å²) in [5.41, 5.74) is 4.70. The van der Waals surface area contributed by atoms with Crippen LogP contribution >= 0.6 is 11.3 Å². The molecule has 2 aromatic carbocycles. The van der Waals surface area contributed by atoms with Crippen molar-refractivity contribution in [2.24, 2.45) is 0 Å². The number of H-pyrrole nitrogens is 1. The first-order valence-electron chi connectivity index (χ1n) is 7.77. The van der Waals surface area contributed by atoms with Crippen LogP contribution in [0.25, 0.3) is 10.9 Å². The molecule has 5 nitrogen and oxygen atoms in total. The lowest BCUT2D eigenvalue weighted by molar-refractivity contribution is 0.102. The molecule has 0 unspecified atom stereocenters. The van der Waals surface area contributed by atoms with Crippen molar-refractivity contribution in [2.75, 3.05) is 5.32 Å². The smallest absolute Gasteiger partial charge is 0.272 e. The second-order valence-corrected chi connectivity index (χ2v) is 6.21. The van der Waals surface area contributed by atoms with Crippen LogP contribution in [0.1, 0.15) is 16.2 Å². The maximum Gasteiger partial charge on any atom is 0.272 e. The summed E-state index contributed by atoms with van der Waals surface area (Å²) in [5.74, 6) is 0.404. The zero-order chi connectivity index (χ0) is 17.1. The van der Waals surface area contributed by atoms with Gasteiger partial charge < -0.3 is 15.0 Å². The Bertz CT molecular complexity index is 975. The van der Waals surface area contributed by atoms with E-state index in [1.54, 1.807) is 5.51 Å². The second-order valence-electron chi connectivity index (χ2n) is 5.49. The summed E-state index contributed by atoms with van der Waals surface area (Å²) in [7, 11) is 0. The molecular weight excluding hydrogens is 334 g/mol. The molecule has 0 aliphatic heterocycles. The molecule has 4 aromatic rings. The Morgan fingerprint density at radius 1 is 1.16 bits per heavy atom. The number of para-hydroxylation sites is 3. The van der Waals surface area contributed by atoms with Gasteiger partial charge in [-0.15, -0.1) is 11.3 Å². The van der Waals surface area contributed by atoms with Gasteiger partial charge >= 0.3 is 0 Å². The zero-order valence-corrected chi connectivity index (χ0v) is 14.0. The molecule has 2 N–H and O–H groups in total. The number of hydrogen-bond donors (Lipinski definition) is 2. The van der Waals surface area contributed by atoms with Gasteiger partial charge in [-0.25, -0.2) is 4.98 Å². The predicted molar refractivity (Wildman–Crippen MR) is 99.1 cm³/mol. The molecule has 2 aromatic heterocycles. The normalized spacial score (nSPS) is 10.7. The van der Waals surface area contributed by atoms with Crippen LogP contribution in [0.15, 0.2) is 65.5 Å². The number of carbonyl (C=O) groups excluding carboxylic acids is 1. The Hall–Kier alpha value is -3.12. The molecule has 0 bridgehead atoms. The van der Waals surface area contributed by atoms with Crippen LogP contribution < -0.4 is 10.1 Å². The van der Waals surface area contributed by atoms with Crippen molar-refractivity contribution in [3.63, 3.8) is 0 Å². The van der Waals surface area contributed by atoms with Crippen molar-refractivity contribution < 1.29 is 9.53 Å². The third-order valence-corrected chi connectivity index (χ3v) is 4.40. The minimum Gasteiger partial charge on any atom is -0.485 e. The highest BCUT2D eigenvalue weighted by Gasteiger charge is 2.12. The molecular formula is C19H15N3O2S. The van der Waals surface area contributed by atoms with Gasteiger partial charge in [0.1, 0.15) is 18.1 Å². The van der Waals surface area contributed by atoms with Crippen LogP contribution in [-0.2, 0) is 6.61 Å². The molecule has 124 valence electrons. The summed E-state index contributed by atoms with van der Waals surface area (Å²) in [4.78, 5) is 19.9. The van der Waals surface area contributed by atoms with E-state index in [1.165, 1.54) is 11.3 Å². The maximum atomic E-state index is 12.6. The Balaban J connectivity index is 1.52. The summed E-state index contributed by atoms with van der Waals surface area (Å²) >= 11 is 1.52. The van der Waals surface area contributed by atoms with E-state index < -0.39 is 0 Å². The van der Waals surface area contributed by atoms with Gasteiger partial charge in [0.2, 0.25) is 0 Å². The molecule has 1 amide bonds. The quantitative estimate of drug-likeness (QED) is 0.559. The fourth-order valence-electron chi connectivity index (χ4n) is 2.54. The van der Waals surface area contributed by atoms with Crippen molar-refractivity contribution >= 4 is 33.8 Å². The van der Waals surface area contributed by atoms with E-state index in [-0.39, 0.29) is 5.91 Å². The summed E-state index contributed by atoms with van der Waals surface area (Å²) in [6.07, 6.45) is 0. The van der Waals surface area contributed by atoms with E-state index in [4.69, 9.17) is 4.74 Å². The number of aromatic nitrogens is 2. The molecule has 0 saturated carbocycles. The molecule has 2 heterocycles. The monoisotopic (exact) mass is 349 g/mol. The van der Waals surface area contributed by atoms with Gasteiger partial charge in [0.15, 0.2) is 0 Å². The van der Waals surface area contributed by atoms with Crippen LogP contribution in [0.5, 0.6) is 5.75 Å². The number of carbonyl (C=O) groups is 1. The van der Waals surface area contributed by atoms with Crippen LogP contribution in [-0.4, -0.2) is 15.9 Å². The predicted octanol–water partition coefficient (Wildman–Crippen LogP) is 4.46. The first-order chi connectivity index (χ1) is 12.3. The number of benzene rings is 2. The summed E-state index contributed by atoms with van der Waals surface area (Å²) in [6.45, 7) is 0.364. The van der Waals surface area contributed by atoms with Gasteiger partial charge in [-0.1, -0.05) is 30.3 Å². The lowest BCUT2D eigenvalue weighted by Gasteiger charge is -2.11. The van der Waals surface area contributed by atoms with Crippen molar-refractivity contribution in [1.29, 1.82) is 0 Å². The SMILES string of the molecule is O=C(Nc1ccccc1OCc1cscn1)c1cc2ccccc2[nH]1. The Morgan fingerprint density at radius 3 is 2.84 bits per heavy atom. The summed E-state index contributed by atoms with van der Waals surface area (Å²) in [6, 6.07) is 17.0. The van der Waals surface area contributed by atoms with Gasteiger partial charge in [0.05, 0.1) is 16.9 Å². The van der Waals surface area contributed by atoms with Crippen molar-refractivity contribution in [3.05, 3.63) is 76.9 Å². The molecule has 0 aliphatic carbocycles. The average Bonchev–Trinajstić information content (AvgIpc) is 3.30. The van der Waals surface area contributed by atoms with Gasteiger partial charge in [-0.3, -0.25) is 4.79 Å². The maximum absolute atomic E-state index is 12.6. The van der Waals surface area contributed by atoms with Gasteiger partial charge in [0.25, 0.3) is 5.91 Å². The highest BCUT2D eigenvalue weighted by atomic mass is 32.1. The number of nitrogens with one attached hydrogen (secondary N) is 2. The van der Waals surface area contributed by atoms with Crippen molar-refractivity contribution in [3.8, 4) is 5.75 Å². The summed E-state index contributed by atoms with van der Waals surface area (Å²) in [5, 5.41) is 5.84. The van der Waals surface area contributed by atoms with E-state index in [2.05, 4.69) is 15.3 Å². The molecule has 0 radical (unpaired) electrons. The molecule has 0 atom stereocenters. The van der Waals surface area contributed by atoms with Crippen molar-refractivity contribution in [1.82, 2.24) is 9.97 Å². The molecule has 25 heavy (non-hydrogen) atoms. The molecule has 4 rings (SSSR count). The fourth-order valence-corrected chi connectivity index (χ4v) is 3.08. The second kappa shape index (κ2) is 6.78. The highest BCUT2D eigenvalue weighted by molar-refractivity contribution is 7.07. The lowest BCUT2D eigenvalue weighted by atomic mass is 10.2. The average molecular weight is 349 g/mol. The van der Waals surface area contributed by atoms with Gasteiger partial charge in [-0.05, 0) is 24.3 Å². The van der Waals surface area contributed by atoms with Gasteiger partial charge in [-0.2, -0.15) is 0 Å². The largest absolute Gasteiger partial charge is 0.485 e. The Kier molecular flexibility index (Phi) is 4.18. The minimum absolute atomic E-state index is 0.207. The number of hydrogen-bond acceptors (Lipinski definition) is 4. The van der Waals surface area contributed by atoms with E-state index >= 15 is 0 Å². The number of ether oxygens (including phenoxy) is 1. The van der Waals surface area contributed by atoms with E-state index in [9.17, 15) is 4.79 Å². The van der Waals surface area contributed by atoms with Crippen LogP contribution in [0.3, 0.4) is 0 Å². The van der Waals surface area contributed by atoms with E-state index in [0.29, 0.717) is 23.7 Å². The number of aromatic amines is 1. The first-order valence-corrected chi connectivity index (χ1v) is 8.72. The first kappa shape index (κ1) is 15.4. The van der Waals surface area contributed by atoms with Crippen molar-refractivity contribution in [2.45, 2.75) is 6.61 Å². The standard InChI is InChI=1S/C19H15N3O2S/c23-19(17-9-13-5-1-2-6-15(13)21-17)22-16-7-3-4-8-18(16)24-10-14-11-25-12-20-14/h1-9,11-12,21H,10H2,(H,22,23). The number of fused-ring (bicyclic) bond motifs is 1. The lowest BCUT2D eigenvalue weighted by Crippen LogP contribution is -2.13. The molecule has 0 saturated heterocycles. The van der Waals surface area contributed by atoms with Crippen LogP contribution in [0.4, 0.5) is 5.69 Å². The number of rotatable bonds is 5. The Labute approximate surface area is 148 Å². The highest BCUT2D eigenvalue weighted by Crippen LogP contribution is 2.26. The molecule has 6 heteroatoms. The fraction of sp³-hybridized carbons (Fsp3) is 0.0526. The molecule has 0 aliphatic rings. The minimum atomic E-state index is -0.207. The number of nitrogens with zero attached hydrogens (tertiary/aromatic N) is 1. The zero-order valence-electron chi connectivity index (χ0n) is 13.2. The topological polar surface area (TPSA) is 67.0 Å². The molecule has 0 fully saturated rings. The van der Waals surface area contributed by atoms with Crippen LogP contribution in [0, 0.1) is 0 Å². The van der Waals surface area contributed by atoms with E-state index in [0.717, 1.165) is 16.6 Å². The summed E-state index contributed by atoms with van der Waals surface area (Å²) < 4.78 is 5.80.